The van der Waals surface area contributed by atoms with Crippen LogP contribution in [-0.2, 0) is 26.0 Å². The van der Waals surface area contributed by atoms with Crippen molar-refractivity contribution >= 4 is 10.1 Å². The van der Waals surface area contributed by atoms with Crippen molar-refractivity contribution in [2.45, 2.75) is 65.1 Å². The molecule has 1 unspecified atom stereocenters. The fourth-order valence-corrected chi connectivity index (χ4v) is 3.03. The first kappa shape index (κ1) is 27.8. The molecule has 0 aliphatic heterocycles. The molecule has 156 valence electrons. The quantitative estimate of drug-likeness (QED) is 0.170. The van der Waals surface area contributed by atoms with Crippen LogP contribution in [0.1, 0.15) is 57.9 Å². The summed E-state index contributed by atoms with van der Waals surface area (Å²) in [7, 11) is -4.28. The van der Waals surface area contributed by atoms with Crippen molar-refractivity contribution in [3.63, 3.8) is 0 Å². The number of rotatable bonds is 16. The number of ether oxygens (including phenoxy) is 3. The van der Waals surface area contributed by atoms with Crippen LogP contribution in [0.4, 0.5) is 0 Å². The molecule has 1 atom stereocenters. The maximum absolute atomic E-state index is 10.6. The third-order valence-corrected chi connectivity index (χ3v) is 4.78. The minimum absolute atomic E-state index is 0. The summed E-state index contributed by atoms with van der Waals surface area (Å²) in [5.41, 5.74) is 1.12. The Balaban J connectivity index is 0.00000729. The molecule has 1 aromatic rings. The van der Waals surface area contributed by atoms with E-state index in [0.717, 1.165) is 24.2 Å². The molecule has 1 rings (SSSR count). The van der Waals surface area contributed by atoms with Gasteiger partial charge in [0.05, 0.1) is 22.5 Å². The fraction of sp³-hybridized carbons (Fsp3) is 0.700. The maximum atomic E-state index is 10.6. The summed E-state index contributed by atoms with van der Waals surface area (Å²) in [4.78, 5) is 0. The second-order valence-electron chi connectivity index (χ2n) is 6.46. The van der Waals surface area contributed by atoms with E-state index in [1.54, 1.807) is 0 Å². The summed E-state index contributed by atoms with van der Waals surface area (Å²) >= 11 is 0. The summed E-state index contributed by atoms with van der Waals surface area (Å²) in [5, 5.41) is 0. The normalized spacial score (nSPS) is 12.4. The molecule has 28 heavy (non-hydrogen) atoms. The van der Waals surface area contributed by atoms with E-state index >= 15 is 0 Å². The minimum atomic E-state index is -4.28. The monoisotopic (exact) mass is 424 g/mol. The Kier molecular flexibility index (Phi) is 16.5. The van der Waals surface area contributed by atoms with Crippen LogP contribution in [0.25, 0.3) is 0 Å². The zero-order chi connectivity index (χ0) is 20.0. The van der Waals surface area contributed by atoms with Crippen LogP contribution in [-0.4, -0.2) is 44.8 Å². The first-order valence-electron chi connectivity index (χ1n) is 9.83. The van der Waals surface area contributed by atoms with Crippen LogP contribution >= 0.6 is 0 Å². The van der Waals surface area contributed by atoms with E-state index in [-0.39, 0.29) is 42.8 Å². The van der Waals surface area contributed by atoms with Crippen LogP contribution in [0.15, 0.2) is 24.3 Å². The zero-order valence-electron chi connectivity index (χ0n) is 17.5. The van der Waals surface area contributed by atoms with E-state index in [1.165, 1.54) is 32.1 Å². The Labute approximate surface area is 192 Å². The van der Waals surface area contributed by atoms with Crippen LogP contribution < -0.4 is 34.3 Å². The van der Waals surface area contributed by atoms with E-state index in [2.05, 4.69) is 13.0 Å². The van der Waals surface area contributed by atoms with Crippen LogP contribution in [0.3, 0.4) is 0 Å². The smallest absolute Gasteiger partial charge is 0.748 e. The fourth-order valence-electron chi connectivity index (χ4n) is 2.71. The Morgan fingerprint density at radius 1 is 1.04 bits per heavy atom. The van der Waals surface area contributed by atoms with Gasteiger partial charge in [-0.25, -0.2) is 8.42 Å². The molecule has 0 spiro atoms. The van der Waals surface area contributed by atoms with Gasteiger partial charge in [-0.05, 0) is 31.4 Å². The maximum Gasteiger partial charge on any atom is 1.00 e. The van der Waals surface area contributed by atoms with Crippen LogP contribution in [0, 0.1) is 0 Å². The van der Waals surface area contributed by atoms with Gasteiger partial charge in [0, 0.05) is 6.61 Å². The molecule has 8 heteroatoms. The molecule has 0 aliphatic carbocycles. The largest absolute Gasteiger partial charge is 1.00 e. The van der Waals surface area contributed by atoms with Gasteiger partial charge in [0.25, 0.3) is 0 Å². The molecule has 0 saturated carbocycles. The SMILES string of the molecule is CCCCCCCCc1ccccc1OC(COCCS(=O)(=O)[O-])OCC.[Na+]. The summed E-state index contributed by atoms with van der Waals surface area (Å²) in [5.74, 6) is 0.199. The topological polar surface area (TPSA) is 84.9 Å². The molecule has 0 aliphatic rings. The van der Waals surface area contributed by atoms with Gasteiger partial charge in [-0.2, -0.15) is 0 Å². The molecule has 0 heterocycles. The third kappa shape index (κ3) is 13.9. The van der Waals surface area contributed by atoms with Gasteiger partial charge < -0.3 is 18.8 Å². The molecule has 0 bridgehead atoms. The van der Waals surface area contributed by atoms with Crippen LogP contribution in [0.2, 0.25) is 0 Å². The van der Waals surface area contributed by atoms with E-state index in [0.29, 0.717) is 6.61 Å². The molecular weight excluding hydrogens is 391 g/mol. The van der Waals surface area contributed by atoms with E-state index < -0.39 is 22.2 Å². The number of unbranched alkanes of at least 4 members (excludes halogenated alkanes) is 5. The number of hydrogen-bond donors (Lipinski definition) is 0. The van der Waals surface area contributed by atoms with Gasteiger partial charge in [-0.15, -0.1) is 0 Å². The molecular formula is C20H33NaO6S. The Bertz CT molecular complexity index is 608. The molecule has 0 saturated heterocycles. The van der Waals surface area contributed by atoms with Crippen molar-refractivity contribution in [3.05, 3.63) is 29.8 Å². The second kappa shape index (κ2) is 16.6. The third-order valence-electron chi connectivity index (χ3n) is 4.11. The van der Waals surface area contributed by atoms with E-state index in [9.17, 15) is 13.0 Å². The molecule has 6 nitrogen and oxygen atoms in total. The number of aryl methyl sites for hydroxylation is 1. The summed E-state index contributed by atoms with van der Waals surface area (Å²) < 4.78 is 48.6. The summed E-state index contributed by atoms with van der Waals surface area (Å²) in [6, 6.07) is 7.86. The second-order valence-corrected chi connectivity index (χ2v) is 7.99. The Hall–Kier alpha value is -0.150. The van der Waals surface area contributed by atoms with Gasteiger partial charge in [0.15, 0.2) is 0 Å². The molecule has 0 aromatic heterocycles. The van der Waals surface area contributed by atoms with Gasteiger partial charge in [0.2, 0.25) is 6.29 Å². The molecule has 0 N–H and O–H groups in total. The number of hydrogen-bond acceptors (Lipinski definition) is 6. The molecule has 0 radical (unpaired) electrons. The molecule has 0 amide bonds. The van der Waals surface area contributed by atoms with Crippen molar-refractivity contribution in [3.8, 4) is 5.75 Å². The predicted molar refractivity (Wildman–Crippen MR) is 105 cm³/mol. The first-order valence-corrected chi connectivity index (χ1v) is 11.4. The standard InChI is InChI=1S/C20H34O6S.Na/c1-3-5-6-7-8-9-12-18-13-10-11-14-19(18)26-20(25-4-2)17-24-15-16-27(21,22)23;/h10-11,13-14,20H,3-9,12,15-17H2,1-2H3,(H,21,22,23);/q;+1/p-1. The zero-order valence-corrected chi connectivity index (χ0v) is 20.3. The van der Waals surface area contributed by atoms with Gasteiger partial charge >= 0.3 is 29.6 Å². The number of benzene rings is 1. The van der Waals surface area contributed by atoms with Crippen molar-refractivity contribution in [2.75, 3.05) is 25.6 Å². The Morgan fingerprint density at radius 3 is 2.39 bits per heavy atom. The van der Waals surface area contributed by atoms with Crippen molar-refractivity contribution in [1.82, 2.24) is 0 Å². The average molecular weight is 425 g/mol. The van der Waals surface area contributed by atoms with Crippen molar-refractivity contribution < 1.29 is 56.7 Å². The summed E-state index contributed by atoms with van der Waals surface area (Å²) in [6.07, 6.45) is 7.71. The predicted octanol–water partition coefficient (Wildman–Crippen LogP) is 0.897. The Morgan fingerprint density at radius 2 is 1.71 bits per heavy atom. The molecule has 1 aromatic carbocycles. The number of para-hydroxylation sites is 1. The average Bonchev–Trinajstić information content (AvgIpc) is 2.62. The molecule has 0 fully saturated rings. The summed E-state index contributed by atoms with van der Waals surface area (Å²) in [6.45, 7) is 4.40. The van der Waals surface area contributed by atoms with Crippen molar-refractivity contribution in [1.29, 1.82) is 0 Å². The van der Waals surface area contributed by atoms with E-state index in [1.807, 2.05) is 25.1 Å². The first-order chi connectivity index (χ1) is 13.0. The van der Waals surface area contributed by atoms with Crippen molar-refractivity contribution in [2.24, 2.45) is 0 Å². The van der Waals surface area contributed by atoms with Gasteiger partial charge in [-0.3, -0.25) is 0 Å². The van der Waals surface area contributed by atoms with Gasteiger partial charge in [-0.1, -0.05) is 57.2 Å². The minimum Gasteiger partial charge on any atom is -0.748 e. The van der Waals surface area contributed by atoms with E-state index in [4.69, 9.17) is 14.2 Å². The van der Waals surface area contributed by atoms with Crippen LogP contribution in [0.5, 0.6) is 5.75 Å². The van der Waals surface area contributed by atoms with Gasteiger partial charge in [0.1, 0.15) is 12.4 Å².